The molecule has 1 unspecified atom stereocenters. The molecule has 0 radical (unpaired) electrons. The van der Waals surface area contributed by atoms with E-state index in [1.54, 1.807) is 24.0 Å². The maximum absolute atomic E-state index is 12.5. The largest absolute Gasteiger partial charge is 0.378 e. The van der Waals surface area contributed by atoms with Crippen molar-refractivity contribution in [2.75, 3.05) is 31.6 Å². The molecule has 1 amide bonds. The first kappa shape index (κ1) is 17.4. The molecule has 1 N–H and O–H groups in total. The molecule has 2 aromatic rings. The molecule has 1 saturated heterocycles. The van der Waals surface area contributed by atoms with Crippen LogP contribution in [0.3, 0.4) is 0 Å². The molecule has 3 rings (SSSR count). The van der Waals surface area contributed by atoms with Gasteiger partial charge in [0.15, 0.2) is 0 Å². The van der Waals surface area contributed by atoms with Crippen LogP contribution in [0.4, 0.5) is 5.69 Å². The Morgan fingerprint density at radius 3 is 2.64 bits per heavy atom. The quantitative estimate of drug-likeness (QED) is 0.893. The summed E-state index contributed by atoms with van der Waals surface area (Å²) in [7, 11) is 0. The highest BCUT2D eigenvalue weighted by Crippen LogP contribution is 2.18. The highest BCUT2D eigenvalue weighted by molar-refractivity contribution is 6.33. The summed E-state index contributed by atoms with van der Waals surface area (Å²) >= 11 is 6.20. The molecule has 25 heavy (non-hydrogen) atoms. The Balaban J connectivity index is 1.78. The number of nitrogens with zero attached hydrogens (tertiary/aromatic N) is 3. The number of carbonyl (C=O) groups is 1. The van der Waals surface area contributed by atoms with Gasteiger partial charge in [-0.05, 0) is 19.1 Å². The van der Waals surface area contributed by atoms with Crippen LogP contribution in [-0.4, -0.2) is 52.9 Å². The molecule has 0 bridgehead atoms. The minimum atomic E-state index is -0.524. The zero-order valence-electron chi connectivity index (χ0n) is 13.8. The van der Waals surface area contributed by atoms with E-state index in [4.69, 9.17) is 16.3 Å². The van der Waals surface area contributed by atoms with Crippen molar-refractivity contribution in [3.05, 3.63) is 51.9 Å². The fourth-order valence-corrected chi connectivity index (χ4v) is 2.82. The molecule has 8 heteroatoms. The van der Waals surface area contributed by atoms with Gasteiger partial charge in [-0.25, -0.2) is 0 Å². The molecule has 7 nitrogen and oxygen atoms in total. The third-order valence-corrected chi connectivity index (χ3v) is 4.35. The maximum Gasteiger partial charge on any atom is 0.292 e. The maximum atomic E-state index is 12.5. The number of hydrogen-bond donors (Lipinski definition) is 1. The summed E-state index contributed by atoms with van der Waals surface area (Å²) in [6, 6.07) is 8.49. The number of carbonyl (C=O) groups excluding carboxylic acids is 1. The number of anilines is 1. The minimum Gasteiger partial charge on any atom is -0.378 e. The lowest BCUT2D eigenvalue weighted by molar-refractivity contribution is -0.135. The number of ether oxygens (including phenoxy) is 1. The molecule has 0 saturated carbocycles. The van der Waals surface area contributed by atoms with Crippen LogP contribution in [0.15, 0.2) is 41.3 Å². The molecule has 1 aliphatic rings. The number of hydrogen-bond acceptors (Lipinski definition) is 5. The molecular weight excluding hydrogens is 344 g/mol. The lowest BCUT2D eigenvalue weighted by Gasteiger charge is -2.29. The van der Waals surface area contributed by atoms with Gasteiger partial charge in [-0.15, -0.1) is 0 Å². The standard InChI is InChI=1S/C17H19ClN4O3/c1-12(16(23)21-7-9-25-10-8-21)20-14-11-19-22(17(24)15(14)18)13-5-3-2-4-6-13/h2-6,11-12,20H,7-10H2,1H3. The van der Waals surface area contributed by atoms with E-state index in [1.165, 1.54) is 10.9 Å². The summed E-state index contributed by atoms with van der Waals surface area (Å²) in [5.74, 6) is -0.0633. The van der Waals surface area contributed by atoms with E-state index in [0.717, 1.165) is 0 Å². The second kappa shape index (κ2) is 7.67. The van der Waals surface area contributed by atoms with Crippen molar-refractivity contribution in [1.29, 1.82) is 0 Å². The van der Waals surface area contributed by atoms with E-state index < -0.39 is 11.6 Å². The van der Waals surface area contributed by atoms with Gasteiger partial charge in [-0.1, -0.05) is 29.8 Å². The molecule has 0 spiro atoms. The van der Waals surface area contributed by atoms with Crippen molar-refractivity contribution in [1.82, 2.24) is 14.7 Å². The van der Waals surface area contributed by atoms with Crippen LogP contribution in [0.1, 0.15) is 6.92 Å². The molecule has 1 aromatic carbocycles. The first-order valence-corrected chi connectivity index (χ1v) is 8.42. The van der Waals surface area contributed by atoms with E-state index in [-0.39, 0.29) is 10.9 Å². The van der Waals surface area contributed by atoms with Crippen LogP contribution in [0.25, 0.3) is 5.69 Å². The molecule has 1 fully saturated rings. The van der Waals surface area contributed by atoms with Crippen LogP contribution in [0.5, 0.6) is 0 Å². The zero-order valence-corrected chi connectivity index (χ0v) is 14.6. The predicted molar refractivity (Wildman–Crippen MR) is 95.3 cm³/mol. The second-order valence-electron chi connectivity index (χ2n) is 5.73. The van der Waals surface area contributed by atoms with Crippen molar-refractivity contribution in [2.24, 2.45) is 0 Å². The van der Waals surface area contributed by atoms with Gasteiger partial charge in [0.25, 0.3) is 5.56 Å². The van der Waals surface area contributed by atoms with Crippen molar-refractivity contribution >= 4 is 23.2 Å². The number of morpholine rings is 1. The number of para-hydroxylation sites is 1. The van der Waals surface area contributed by atoms with Crippen LogP contribution in [0.2, 0.25) is 5.02 Å². The highest BCUT2D eigenvalue weighted by atomic mass is 35.5. The van der Waals surface area contributed by atoms with Crippen molar-refractivity contribution in [3.8, 4) is 5.69 Å². The monoisotopic (exact) mass is 362 g/mol. The van der Waals surface area contributed by atoms with Crippen LogP contribution < -0.4 is 10.9 Å². The number of amides is 1. The van der Waals surface area contributed by atoms with Crippen molar-refractivity contribution < 1.29 is 9.53 Å². The Kier molecular flexibility index (Phi) is 5.35. The van der Waals surface area contributed by atoms with E-state index in [0.29, 0.717) is 37.7 Å². The van der Waals surface area contributed by atoms with E-state index in [2.05, 4.69) is 10.4 Å². The summed E-state index contributed by atoms with van der Waals surface area (Å²) in [4.78, 5) is 26.6. The summed E-state index contributed by atoms with van der Waals surface area (Å²) in [5.41, 5.74) is 0.523. The van der Waals surface area contributed by atoms with Gasteiger partial charge < -0.3 is 15.0 Å². The number of benzene rings is 1. The number of nitrogens with one attached hydrogen (secondary N) is 1. The van der Waals surface area contributed by atoms with Gasteiger partial charge in [-0.2, -0.15) is 9.78 Å². The van der Waals surface area contributed by atoms with E-state index >= 15 is 0 Å². The number of halogens is 1. The summed E-state index contributed by atoms with van der Waals surface area (Å²) < 4.78 is 6.47. The molecule has 1 aromatic heterocycles. The van der Waals surface area contributed by atoms with Crippen LogP contribution in [-0.2, 0) is 9.53 Å². The summed E-state index contributed by atoms with van der Waals surface area (Å²) in [6.45, 7) is 3.93. The van der Waals surface area contributed by atoms with Crippen LogP contribution in [0, 0.1) is 0 Å². The Morgan fingerprint density at radius 1 is 1.28 bits per heavy atom. The lowest BCUT2D eigenvalue weighted by atomic mass is 10.2. The molecule has 1 aliphatic heterocycles. The molecule has 132 valence electrons. The Hall–Kier alpha value is -2.38. The van der Waals surface area contributed by atoms with Crippen LogP contribution >= 0.6 is 11.6 Å². The summed E-state index contributed by atoms with van der Waals surface area (Å²) in [6.07, 6.45) is 1.46. The van der Waals surface area contributed by atoms with Gasteiger partial charge in [0.05, 0.1) is 30.8 Å². The number of rotatable bonds is 4. The third kappa shape index (κ3) is 3.83. The van der Waals surface area contributed by atoms with Gasteiger partial charge in [0, 0.05) is 13.1 Å². The van der Waals surface area contributed by atoms with E-state index in [1.807, 2.05) is 18.2 Å². The zero-order chi connectivity index (χ0) is 17.8. The first-order valence-electron chi connectivity index (χ1n) is 8.04. The van der Waals surface area contributed by atoms with Gasteiger partial charge in [0.2, 0.25) is 5.91 Å². The highest BCUT2D eigenvalue weighted by Gasteiger charge is 2.23. The van der Waals surface area contributed by atoms with Crippen molar-refractivity contribution in [3.63, 3.8) is 0 Å². The Bertz CT molecular complexity index is 803. The number of aromatic nitrogens is 2. The normalized spacial score (nSPS) is 15.7. The van der Waals surface area contributed by atoms with Gasteiger partial charge in [0.1, 0.15) is 11.1 Å². The van der Waals surface area contributed by atoms with E-state index in [9.17, 15) is 9.59 Å². The third-order valence-electron chi connectivity index (χ3n) is 3.98. The SMILES string of the molecule is CC(Nc1cnn(-c2ccccc2)c(=O)c1Cl)C(=O)N1CCOCC1. The van der Waals surface area contributed by atoms with Gasteiger partial charge >= 0.3 is 0 Å². The second-order valence-corrected chi connectivity index (χ2v) is 6.11. The average Bonchev–Trinajstić information content (AvgIpc) is 2.66. The fourth-order valence-electron chi connectivity index (χ4n) is 2.64. The molecule has 0 aliphatic carbocycles. The van der Waals surface area contributed by atoms with Gasteiger partial charge in [-0.3, -0.25) is 9.59 Å². The predicted octanol–water partition coefficient (Wildman–Crippen LogP) is 1.55. The lowest BCUT2D eigenvalue weighted by Crippen LogP contribution is -2.47. The fraction of sp³-hybridized carbons (Fsp3) is 0.353. The first-order chi connectivity index (χ1) is 12.1. The molecular formula is C17H19ClN4O3. The summed E-state index contributed by atoms with van der Waals surface area (Å²) in [5, 5.41) is 7.13. The average molecular weight is 363 g/mol. The Morgan fingerprint density at radius 2 is 1.96 bits per heavy atom. The topological polar surface area (TPSA) is 76.5 Å². The minimum absolute atomic E-state index is 0.000445. The molecule has 1 atom stereocenters. The van der Waals surface area contributed by atoms with Crippen molar-refractivity contribution in [2.45, 2.75) is 13.0 Å². The smallest absolute Gasteiger partial charge is 0.292 e. The molecule has 2 heterocycles. The Labute approximate surface area is 150 Å².